The summed E-state index contributed by atoms with van der Waals surface area (Å²) in [5.74, 6) is 0.107. The molecule has 0 radical (unpaired) electrons. The smallest absolute Gasteiger partial charge is 0.233 e. The standard InChI is InChI=1S/C21H27FN2O2/c1-19(2)14-21(19,15-4-6-16(22)7-5-15)18(26)24-12-10-20(11-13-24)9-8-17(25)23(20)3/h4-7H,8-14H2,1-3H3. The molecule has 2 heterocycles. The van der Waals surface area contributed by atoms with Gasteiger partial charge in [-0.3, -0.25) is 9.59 Å². The van der Waals surface area contributed by atoms with Crippen LogP contribution in [0.2, 0.25) is 0 Å². The van der Waals surface area contributed by atoms with Gasteiger partial charge in [-0.15, -0.1) is 0 Å². The number of carbonyl (C=O) groups excluding carboxylic acids is 2. The molecule has 4 rings (SSSR count). The average molecular weight is 358 g/mol. The molecular weight excluding hydrogens is 331 g/mol. The van der Waals surface area contributed by atoms with Crippen LogP contribution < -0.4 is 0 Å². The lowest BCUT2D eigenvalue weighted by molar-refractivity contribution is -0.138. The van der Waals surface area contributed by atoms with Gasteiger partial charge in [-0.05, 0) is 48.8 Å². The fraction of sp³-hybridized carbons (Fsp3) is 0.619. The maximum absolute atomic E-state index is 13.5. The van der Waals surface area contributed by atoms with Gasteiger partial charge in [0.2, 0.25) is 11.8 Å². The van der Waals surface area contributed by atoms with Gasteiger partial charge in [-0.25, -0.2) is 4.39 Å². The van der Waals surface area contributed by atoms with E-state index in [9.17, 15) is 14.0 Å². The number of carbonyl (C=O) groups is 2. The lowest BCUT2D eigenvalue weighted by Gasteiger charge is -2.44. The third kappa shape index (κ3) is 2.32. The van der Waals surface area contributed by atoms with Crippen LogP contribution in [0.15, 0.2) is 24.3 Å². The molecular formula is C21H27FN2O2. The number of amides is 2. The van der Waals surface area contributed by atoms with Gasteiger partial charge >= 0.3 is 0 Å². The summed E-state index contributed by atoms with van der Waals surface area (Å²) in [6, 6.07) is 6.42. The molecule has 3 fully saturated rings. The second-order valence-electron chi connectivity index (χ2n) is 8.94. The molecule has 3 aliphatic rings. The highest BCUT2D eigenvalue weighted by molar-refractivity contribution is 5.93. The predicted octanol–water partition coefficient (Wildman–Crippen LogP) is 3.11. The van der Waals surface area contributed by atoms with Crippen molar-refractivity contribution in [3.63, 3.8) is 0 Å². The first-order valence-corrected chi connectivity index (χ1v) is 9.54. The quantitative estimate of drug-likeness (QED) is 0.815. The Morgan fingerprint density at radius 2 is 1.65 bits per heavy atom. The summed E-state index contributed by atoms with van der Waals surface area (Å²) in [5.41, 5.74) is 0.206. The van der Waals surface area contributed by atoms with Crippen LogP contribution in [0, 0.1) is 11.2 Å². The zero-order valence-corrected chi connectivity index (χ0v) is 15.8. The summed E-state index contributed by atoms with van der Waals surface area (Å²) in [4.78, 5) is 29.3. The van der Waals surface area contributed by atoms with Crippen LogP contribution in [-0.2, 0) is 15.0 Å². The first-order valence-electron chi connectivity index (χ1n) is 9.54. The molecule has 1 aliphatic carbocycles. The second kappa shape index (κ2) is 5.54. The van der Waals surface area contributed by atoms with Gasteiger partial charge < -0.3 is 9.80 Å². The number of benzene rings is 1. The molecule has 1 aromatic rings. The number of piperidine rings is 1. The molecule has 1 atom stereocenters. The lowest BCUT2D eigenvalue weighted by Crippen LogP contribution is -2.54. The van der Waals surface area contributed by atoms with Gasteiger partial charge in [0.1, 0.15) is 5.82 Å². The second-order valence-corrected chi connectivity index (χ2v) is 8.94. The fourth-order valence-electron chi connectivity index (χ4n) is 5.26. The van der Waals surface area contributed by atoms with Crippen LogP contribution in [0.1, 0.15) is 51.5 Å². The van der Waals surface area contributed by atoms with Crippen LogP contribution in [-0.4, -0.2) is 47.3 Å². The van der Waals surface area contributed by atoms with Crippen LogP contribution in [0.5, 0.6) is 0 Å². The van der Waals surface area contributed by atoms with Crippen molar-refractivity contribution in [2.45, 2.75) is 56.9 Å². The van der Waals surface area contributed by atoms with Crippen molar-refractivity contribution in [2.24, 2.45) is 5.41 Å². The van der Waals surface area contributed by atoms with E-state index in [4.69, 9.17) is 0 Å². The van der Waals surface area contributed by atoms with Crippen molar-refractivity contribution in [3.8, 4) is 0 Å². The van der Waals surface area contributed by atoms with Gasteiger partial charge in [0, 0.05) is 32.1 Å². The van der Waals surface area contributed by atoms with Crippen LogP contribution in [0.25, 0.3) is 0 Å². The SMILES string of the molecule is CN1C(=O)CCC12CCN(C(=O)C1(c3ccc(F)cc3)CC1(C)C)CC2. The highest BCUT2D eigenvalue weighted by Crippen LogP contribution is 2.65. The van der Waals surface area contributed by atoms with Crippen molar-refractivity contribution >= 4 is 11.8 Å². The Morgan fingerprint density at radius 1 is 1.08 bits per heavy atom. The molecule has 140 valence electrons. The summed E-state index contributed by atoms with van der Waals surface area (Å²) >= 11 is 0. The Labute approximate surface area is 154 Å². The number of halogens is 1. The van der Waals surface area contributed by atoms with Crippen molar-refractivity contribution in [1.29, 1.82) is 0 Å². The third-order valence-electron chi connectivity index (χ3n) is 7.31. The van der Waals surface area contributed by atoms with Gasteiger partial charge in [-0.1, -0.05) is 26.0 Å². The third-order valence-corrected chi connectivity index (χ3v) is 7.31. The van der Waals surface area contributed by atoms with E-state index < -0.39 is 5.41 Å². The lowest BCUT2D eigenvalue weighted by atomic mass is 9.82. The molecule has 0 bridgehead atoms. The minimum Gasteiger partial charge on any atom is -0.342 e. The summed E-state index contributed by atoms with van der Waals surface area (Å²) in [6.45, 7) is 5.61. The van der Waals surface area contributed by atoms with E-state index >= 15 is 0 Å². The molecule has 2 amide bonds. The normalized spacial score (nSPS) is 29.3. The first kappa shape index (κ1) is 17.5. The Kier molecular flexibility index (Phi) is 3.73. The zero-order valence-electron chi connectivity index (χ0n) is 15.8. The fourth-order valence-corrected chi connectivity index (χ4v) is 5.26. The molecule has 1 unspecified atom stereocenters. The van der Waals surface area contributed by atoms with Crippen LogP contribution in [0.4, 0.5) is 4.39 Å². The number of rotatable bonds is 2. The molecule has 26 heavy (non-hydrogen) atoms. The van der Waals surface area contributed by atoms with Crippen molar-refractivity contribution in [1.82, 2.24) is 9.80 Å². The van der Waals surface area contributed by atoms with Gasteiger partial charge in [0.05, 0.1) is 5.41 Å². The van der Waals surface area contributed by atoms with E-state index in [-0.39, 0.29) is 28.6 Å². The molecule has 2 saturated heterocycles. The number of nitrogens with zero attached hydrogens (tertiary/aromatic N) is 2. The molecule has 0 aromatic heterocycles. The highest BCUT2D eigenvalue weighted by atomic mass is 19.1. The van der Waals surface area contributed by atoms with E-state index in [1.165, 1.54) is 12.1 Å². The van der Waals surface area contributed by atoms with E-state index in [0.717, 1.165) is 31.2 Å². The van der Waals surface area contributed by atoms with E-state index in [1.54, 1.807) is 12.1 Å². The molecule has 0 N–H and O–H groups in total. The molecule has 5 heteroatoms. The number of hydrogen-bond donors (Lipinski definition) is 0. The summed E-state index contributed by atoms with van der Waals surface area (Å²) < 4.78 is 13.4. The molecule has 4 nitrogen and oxygen atoms in total. The monoisotopic (exact) mass is 358 g/mol. The van der Waals surface area contributed by atoms with E-state index in [2.05, 4.69) is 13.8 Å². The molecule has 2 aliphatic heterocycles. The predicted molar refractivity (Wildman–Crippen MR) is 97.0 cm³/mol. The average Bonchev–Trinajstić information content (AvgIpc) is 3.12. The Balaban J connectivity index is 1.54. The maximum Gasteiger partial charge on any atom is 0.233 e. The van der Waals surface area contributed by atoms with Gasteiger partial charge in [-0.2, -0.15) is 0 Å². The molecule has 1 spiro atoms. The topological polar surface area (TPSA) is 40.6 Å². The first-order chi connectivity index (χ1) is 12.2. The largest absolute Gasteiger partial charge is 0.342 e. The summed E-state index contributed by atoms with van der Waals surface area (Å²) in [5, 5.41) is 0. The van der Waals surface area contributed by atoms with Crippen LogP contribution >= 0.6 is 0 Å². The van der Waals surface area contributed by atoms with E-state index in [0.29, 0.717) is 19.5 Å². The van der Waals surface area contributed by atoms with Gasteiger partial charge in [0.25, 0.3) is 0 Å². The Morgan fingerprint density at radius 3 is 2.12 bits per heavy atom. The highest BCUT2D eigenvalue weighted by Gasteiger charge is 2.68. The molecule has 1 aromatic carbocycles. The Bertz CT molecular complexity index is 750. The van der Waals surface area contributed by atoms with Crippen LogP contribution in [0.3, 0.4) is 0 Å². The minimum atomic E-state index is -0.539. The molecule has 1 saturated carbocycles. The zero-order chi connectivity index (χ0) is 18.7. The number of likely N-dealkylation sites (tertiary alicyclic amines) is 2. The summed E-state index contributed by atoms with van der Waals surface area (Å²) in [7, 11) is 1.90. The maximum atomic E-state index is 13.5. The van der Waals surface area contributed by atoms with Crippen molar-refractivity contribution < 1.29 is 14.0 Å². The Hall–Kier alpha value is -1.91. The van der Waals surface area contributed by atoms with Gasteiger partial charge in [0.15, 0.2) is 0 Å². The minimum absolute atomic E-state index is 0.0596. The van der Waals surface area contributed by atoms with E-state index in [1.807, 2.05) is 16.8 Å². The number of hydrogen-bond acceptors (Lipinski definition) is 2. The summed E-state index contributed by atoms with van der Waals surface area (Å²) in [6.07, 6.45) is 4.02. The van der Waals surface area contributed by atoms with Crippen molar-refractivity contribution in [3.05, 3.63) is 35.6 Å². The van der Waals surface area contributed by atoms with Crippen molar-refractivity contribution in [2.75, 3.05) is 20.1 Å².